The van der Waals surface area contributed by atoms with Crippen molar-refractivity contribution < 1.29 is 31.1 Å². The third-order valence-corrected chi connectivity index (χ3v) is 6.44. The fourth-order valence-electron chi connectivity index (χ4n) is 4.71. The molecule has 0 aromatic heterocycles. The fraction of sp³-hybridized carbons (Fsp3) is 0.185. The lowest BCUT2D eigenvalue weighted by molar-refractivity contribution is -0.138. The highest BCUT2D eigenvalue weighted by Gasteiger charge is 2.43. The van der Waals surface area contributed by atoms with E-state index in [-0.39, 0.29) is 24.2 Å². The summed E-state index contributed by atoms with van der Waals surface area (Å²) < 4.78 is 87.3. The molecule has 1 aliphatic rings. The van der Waals surface area contributed by atoms with Gasteiger partial charge in [-0.3, -0.25) is 0 Å². The van der Waals surface area contributed by atoms with Crippen LogP contribution in [-0.4, -0.2) is 6.61 Å². The number of hydrogen-bond acceptors (Lipinski definition) is 1. The van der Waals surface area contributed by atoms with E-state index in [2.05, 4.69) is 0 Å². The maximum atomic E-state index is 13.5. The summed E-state index contributed by atoms with van der Waals surface area (Å²) in [5, 5.41) is 1.76. The Kier molecular flexibility index (Phi) is 5.11. The number of alkyl halides is 6. The van der Waals surface area contributed by atoms with Crippen molar-refractivity contribution in [2.45, 2.75) is 24.2 Å². The molecular weight excluding hydrogens is 454 g/mol. The van der Waals surface area contributed by atoms with E-state index in [4.69, 9.17) is 4.74 Å². The van der Waals surface area contributed by atoms with Crippen LogP contribution in [0.3, 0.4) is 0 Å². The first-order valence-electron chi connectivity index (χ1n) is 10.6. The van der Waals surface area contributed by atoms with Crippen molar-refractivity contribution in [2.24, 2.45) is 0 Å². The molecule has 0 N–H and O–H groups in total. The van der Waals surface area contributed by atoms with Gasteiger partial charge < -0.3 is 4.74 Å². The molecule has 34 heavy (non-hydrogen) atoms. The summed E-state index contributed by atoms with van der Waals surface area (Å²) in [5.41, 5.74) is -1.72. The number of halogens is 6. The predicted octanol–water partition coefficient (Wildman–Crippen LogP) is 7.80. The summed E-state index contributed by atoms with van der Waals surface area (Å²) in [6.45, 7) is -0.0963. The Hall–Kier alpha value is -3.48. The smallest absolute Gasteiger partial charge is 0.416 e. The van der Waals surface area contributed by atoms with Gasteiger partial charge in [-0.15, -0.1) is 0 Å². The number of benzene rings is 4. The van der Waals surface area contributed by atoms with Gasteiger partial charge in [-0.1, -0.05) is 66.7 Å². The van der Waals surface area contributed by atoms with Gasteiger partial charge in [-0.25, -0.2) is 0 Å². The van der Waals surface area contributed by atoms with Crippen LogP contribution in [0.1, 0.15) is 27.8 Å². The van der Waals surface area contributed by atoms with E-state index in [1.54, 1.807) is 6.07 Å². The SMILES string of the molecule is FC(F)(F)c1cccc(C2(c3cccc(C(F)(F)F)c3)COc3ccc4ccccc4c3C2)c1. The Morgan fingerprint density at radius 1 is 0.647 bits per heavy atom. The van der Waals surface area contributed by atoms with Crippen LogP contribution in [-0.2, 0) is 24.2 Å². The standard InChI is InChI=1S/C27H18F6O/c28-26(29,30)20-8-3-6-18(13-20)25(19-7-4-9-21(14-19)27(31,32)33)15-23-22-10-2-1-5-17(22)11-12-24(23)34-16-25/h1-14H,15-16H2. The van der Waals surface area contributed by atoms with E-state index in [0.29, 0.717) is 5.75 Å². The highest BCUT2D eigenvalue weighted by molar-refractivity contribution is 5.88. The third kappa shape index (κ3) is 3.79. The molecule has 0 saturated heterocycles. The molecule has 0 atom stereocenters. The van der Waals surface area contributed by atoms with Gasteiger partial charge >= 0.3 is 12.4 Å². The molecule has 5 rings (SSSR count). The predicted molar refractivity (Wildman–Crippen MR) is 117 cm³/mol. The monoisotopic (exact) mass is 472 g/mol. The first-order chi connectivity index (χ1) is 16.1. The highest BCUT2D eigenvalue weighted by atomic mass is 19.4. The summed E-state index contributed by atoms with van der Waals surface area (Å²) in [7, 11) is 0. The number of fused-ring (bicyclic) bond motifs is 3. The van der Waals surface area contributed by atoms with E-state index in [0.717, 1.165) is 40.6 Å². The molecule has 0 spiro atoms. The molecule has 0 amide bonds. The maximum absolute atomic E-state index is 13.5. The second kappa shape index (κ2) is 7.79. The van der Waals surface area contributed by atoms with Crippen LogP contribution in [0.5, 0.6) is 5.75 Å². The van der Waals surface area contributed by atoms with Crippen LogP contribution in [0.25, 0.3) is 10.8 Å². The number of ether oxygens (including phenoxy) is 1. The second-order valence-electron chi connectivity index (χ2n) is 8.47. The summed E-state index contributed by atoms with van der Waals surface area (Å²) in [4.78, 5) is 0. The van der Waals surface area contributed by atoms with E-state index < -0.39 is 28.9 Å². The summed E-state index contributed by atoms with van der Waals surface area (Å²) in [6, 6.07) is 20.7. The Morgan fingerprint density at radius 3 is 1.82 bits per heavy atom. The Bertz CT molecular complexity index is 1310. The molecule has 7 heteroatoms. The third-order valence-electron chi connectivity index (χ3n) is 6.44. The molecule has 0 unspecified atom stereocenters. The van der Waals surface area contributed by atoms with Crippen molar-refractivity contribution in [3.05, 3.63) is 113 Å². The topological polar surface area (TPSA) is 9.23 Å². The van der Waals surface area contributed by atoms with Crippen molar-refractivity contribution in [1.29, 1.82) is 0 Å². The average molecular weight is 472 g/mol. The van der Waals surface area contributed by atoms with E-state index in [1.165, 1.54) is 24.3 Å². The first kappa shape index (κ1) is 22.3. The lowest BCUT2D eigenvalue weighted by Gasteiger charge is -2.40. The van der Waals surface area contributed by atoms with Crippen LogP contribution in [0, 0.1) is 0 Å². The normalized spacial score (nSPS) is 15.6. The molecule has 0 aliphatic carbocycles. The zero-order valence-electron chi connectivity index (χ0n) is 17.7. The minimum Gasteiger partial charge on any atom is -0.492 e. The van der Waals surface area contributed by atoms with Crippen LogP contribution in [0.4, 0.5) is 26.3 Å². The largest absolute Gasteiger partial charge is 0.492 e. The molecule has 1 aliphatic heterocycles. The van der Waals surface area contributed by atoms with Crippen molar-refractivity contribution >= 4 is 10.8 Å². The van der Waals surface area contributed by atoms with Crippen molar-refractivity contribution in [2.75, 3.05) is 6.61 Å². The highest BCUT2D eigenvalue weighted by Crippen LogP contribution is 2.46. The van der Waals surface area contributed by atoms with Crippen LogP contribution < -0.4 is 4.74 Å². The summed E-state index contributed by atoms with van der Waals surface area (Å²) in [5.74, 6) is 0.577. The van der Waals surface area contributed by atoms with Crippen LogP contribution in [0.2, 0.25) is 0 Å². The summed E-state index contributed by atoms with van der Waals surface area (Å²) in [6.07, 6.45) is -9.00. The van der Waals surface area contributed by atoms with E-state index in [9.17, 15) is 26.3 Å². The molecule has 1 nitrogen and oxygen atoms in total. The van der Waals surface area contributed by atoms with Gasteiger partial charge in [0.15, 0.2) is 0 Å². The van der Waals surface area contributed by atoms with Gasteiger partial charge in [0.05, 0.1) is 16.5 Å². The van der Waals surface area contributed by atoms with Gasteiger partial charge in [0.1, 0.15) is 12.4 Å². The maximum Gasteiger partial charge on any atom is 0.416 e. The second-order valence-corrected chi connectivity index (χ2v) is 8.47. The number of rotatable bonds is 2. The molecule has 4 aromatic carbocycles. The quantitative estimate of drug-likeness (QED) is 0.271. The zero-order chi connectivity index (χ0) is 24.1. The van der Waals surface area contributed by atoms with Gasteiger partial charge in [0.25, 0.3) is 0 Å². The fourth-order valence-corrected chi connectivity index (χ4v) is 4.71. The molecule has 0 bridgehead atoms. The lowest BCUT2D eigenvalue weighted by atomic mass is 9.68. The van der Waals surface area contributed by atoms with Crippen molar-refractivity contribution in [3.8, 4) is 5.75 Å². The van der Waals surface area contributed by atoms with Crippen LogP contribution >= 0.6 is 0 Å². The lowest BCUT2D eigenvalue weighted by Crippen LogP contribution is -2.40. The average Bonchev–Trinajstić information content (AvgIpc) is 2.83. The Morgan fingerprint density at radius 2 is 1.24 bits per heavy atom. The van der Waals surface area contributed by atoms with Gasteiger partial charge in [-0.2, -0.15) is 26.3 Å². The molecule has 1 heterocycles. The van der Waals surface area contributed by atoms with Crippen molar-refractivity contribution in [3.63, 3.8) is 0 Å². The van der Waals surface area contributed by atoms with Crippen molar-refractivity contribution in [1.82, 2.24) is 0 Å². The molecule has 4 aromatic rings. The van der Waals surface area contributed by atoms with Gasteiger partial charge in [0, 0.05) is 5.56 Å². The van der Waals surface area contributed by atoms with E-state index >= 15 is 0 Å². The number of hydrogen-bond donors (Lipinski definition) is 0. The molecule has 0 radical (unpaired) electrons. The van der Waals surface area contributed by atoms with Crippen LogP contribution in [0.15, 0.2) is 84.9 Å². The molecular formula is C27H18F6O. The first-order valence-corrected chi connectivity index (χ1v) is 10.6. The molecule has 0 fully saturated rings. The Balaban J connectivity index is 1.76. The minimum absolute atomic E-state index is 0.0963. The van der Waals surface area contributed by atoms with Gasteiger partial charge in [0.2, 0.25) is 0 Å². The van der Waals surface area contributed by atoms with Gasteiger partial charge in [-0.05, 0) is 46.5 Å². The molecule has 0 saturated carbocycles. The summed E-state index contributed by atoms with van der Waals surface area (Å²) >= 11 is 0. The zero-order valence-corrected chi connectivity index (χ0v) is 17.7. The molecule has 174 valence electrons. The Labute approximate surface area is 191 Å². The van der Waals surface area contributed by atoms with E-state index in [1.807, 2.05) is 30.3 Å². The minimum atomic E-state index is -4.59.